The van der Waals surface area contributed by atoms with Crippen LogP contribution in [0.4, 0.5) is 5.00 Å². The van der Waals surface area contributed by atoms with Gasteiger partial charge >= 0.3 is 29.8 Å². The molecule has 43 heavy (non-hydrogen) atoms. The van der Waals surface area contributed by atoms with E-state index in [-0.39, 0.29) is 17.9 Å². The minimum atomic E-state index is -1.82. The quantitative estimate of drug-likeness (QED) is 0.231. The normalized spacial score (nSPS) is 13.3. The summed E-state index contributed by atoms with van der Waals surface area (Å²) in [6, 6.07) is 8.24. The van der Waals surface area contributed by atoms with Crippen molar-refractivity contribution in [1.82, 2.24) is 9.80 Å². The Morgan fingerprint density at radius 3 is 1.77 bits per heavy atom. The lowest BCUT2D eigenvalue weighted by Gasteiger charge is -2.31. The van der Waals surface area contributed by atoms with E-state index in [0.29, 0.717) is 17.1 Å². The molecule has 2 aromatic rings. The Hall–Kier alpha value is -4.34. The van der Waals surface area contributed by atoms with E-state index < -0.39 is 29.8 Å². The molecule has 1 fully saturated rings. The zero-order chi connectivity index (χ0) is 32.9. The minimum absolute atomic E-state index is 0.0551. The number of carbonyl (C=O) groups excluding carboxylic acids is 2. The number of nitrogens with zero attached hydrogens (tertiary/aromatic N) is 2. The Morgan fingerprint density at radius 2 is 1.35 bits per heavy atom. The number of amides is 1. The Bertz CT molecular complexity index is 1240. The number of likely N-dealkylation sites (N-methyl/N-ethyl adjacent to an activating group) is 1. The number of anilines is 1. The van der Waals surface area contributed by atoms with Crippen molar-refractivity contribution in [3.8, 4) is 11.1 Å². The average Bonchev–Trinajstić information content (AvgIpc) is 3.33. The summed E-state index contributed by atoms with van der Waals surface area (Å²) in [7, 11) is 2.09. The van der Waals surface area contributed by atoms with E-state index >= 15 is 0 Å². The van der Waals surface area contributed by atoms with Crippen LogP contribution >= 0.6 is 11.3 Å². The number of ether oxygens (including phenoxy) is 1. The number of hydrogen-bond donors (Lipinski definition) is 5. The number of carbonyl (C=O) groups is 6. The van der Waals surface area contributed by atoms with E-state index in [1.807, 2.05) is 17.5 Å². The van der Waals surface area contributed by atoms with Crippen molar-refractivity contribution in [2.24, 2.45) is 0 Å². The van der Waals surface area contributed by atoms with Crippen LogP contribution in [0, 0.1) is 0 Å². The van der Waals surface area contributed by atoms with Crippen molar-refractivity contribution in [2.75, 3.05) is 51.7 Å². The zero-order valence-corrected chi connectivity index (χ0v) is 25.4. The van der Waals surface area contributed by atoms with Crippen molar-refractivity contribution in [1.29, 1.82) is 0 Å². The minimum Gasteiger partial charge on any atom is -0.473 e. The molecule has 15 heteroatoms. The van der Waals surface area contributed by atoms with Crippen LogP contribution in [0.5, 0.6) is 0 Å². The maximum Gasteiger partial charge on any atom is 0.414 e. The molecule has 1 aliphatic heterocycles. The Kier molecular flexibility index (Phi) is 14.5. The fourth-order valence-electron chi connectivity index (χ4n) is 3.59. The molecule has 0 spiro atoms. The highest BCUT2D eigenvalue weighted by molar-refractivity contribution is 7.15. The predicted octanol–water partition coefficient (Wildman–Crippen LogP) is 2.39. The van der Waals surface area contributed by atoms with Gasteiger partial charge in [0, 0.05) is 37.1 Å². The highest BCUT2D eigenvalue weighted by Gasteiger charge is 2.24. The number of esters is 1. The predicted molar refractivity (Wildman–Crippen MR) is 158 cm³/mol. The third-order valence-electron chi connectivity index (χ3n) is 5.91. The van der Waals surface area contributed by atoms with Crippen molar-refractivity contribution >= 4 is 52.1 Å². The second kappa shape index (κ2) is 16.9. The summed E-state index contributed by atoms with van der Waals surface area (Å²) in [6.07, 6.45) is 0. The third kappa shape index (κ3) is 12.6. The lowest BCUT2D eigenvalue weighted by atomic mass is 9.86. The lowest BCUT2D eigenvalue weighted by molar-refractivity contribution is -0.159. The van der Waals surface area contributed by atoms with Crippen molar-refractivity contribution in [2.45, 2.75) is 33.1 Å². The number of carboxylic acid groups (broad SMARTS) is 4. The first-order valence-corrected chi connectivity index (χ1v) is 13.9. The van der Waals surface area contributed by atoms with Crippen LogP contribution in [-0.2, 0) is 34.1 Å². The molecular weight excluding hydrogens is 586 g/mol. The summed E-state index contributed by atoms with van der Waals surface area (Å²) in [5.74, 6) is -7.81. The third-order valence-corrected chi connectivity index (χ3v) is 6.81. The maximum absolute atomic E-state index is 12.8. The maximum atomic E-state index is 12.8. The number of rotatable bonds is 6. The van der Waals surface area contributed by atoms with E-state index in [0.717, 1.165) is 37.3 Å². The van der Waals surface area contributed by atoms with Gasteiger partial charge in [0.2, 0.25) is 5.91 Å². The summed E-state index contributed by atoms with van der Waals surface area (Å²) < 4.78 is 5.31. The molecule has 0 unspecified atom stereocenters. The van der Waals surface area contributed by atoms with Gasteiger partial charge in [0.25, 0.3) is 0 Å². The summed E-state index contributed by atoms with van der Waals surface area (Å²) in [6.45, 7) is 12.5. The first-order chi connectivity index (χ1) is 20.0. The van der Waals surface area contributed by atoms with Crippen LogP contribution < -0.4 is 5.32 Å². The number of nitrogens with one attached hydrogen (secondary N) is 1. The fraction of sp³-hybridized carbons (Fsp3) is 0.429. The average molecular weight is 624 g/mol. The van der Waals surface area contributed by atoms with Crippen LogP contribution in [0.15, 0.2) is 29.6 Å². The van der Waals surface area contributed by atoms with Gasteiger partial charge in [0.15, 0.2) is 0 Å². The van der Waals surface area contributed by atoms with Gasteiger partial charge in [0.05, 0.1) is 13.2 Å². The molecule has 0 atom stereocenters. The van der Waals surface area contributed by atoms with Gasteiger partial charge in [-0.2, -0.15) is 0 Å². The molecule has 0 radical (unpaired) electrons. The van der Waals surface area contributed by atoms with E-state index in [1.165, 1.54) is 16.9 Å². The summed E-state index contributed by atoms with van der Waals surface area (Å²) in [4.78, 5) is 66.2. The van der Waals surface area contributed by atoms with E-state index in [1.54, 1.807) is 6.92 Å². The molecule has 5 N–H and O–H groups in total. The van der Waals surface area contributed by atoms with Crippen molar-refractivity contribution in [3.63, 3.8) is 0 Å². The molecule has 1 saturated heterocycles. The largest absolute Gasteiger partial charge is 0.473 e. The highest BCUT2D eigenvalue weighted by Crippen LogP contribution is 2.37. The van der Waals surface area contributed by atoms with Crippen molar-refractivity contribution in [3.05, 3.63) is 40.8 Å². The van der Waals surface area contributed by atoms with E-state index in [2.05, 4.69) is 55.1 Å². The van der Waals surface area contributed by atoms with Gasteiger partial charge in [0.1, 0.15) is 10.6 Å². The van der Waals surface area contributed by atoms with Crippen molar-refractivity contribution < 1.29 is 53.9 Å². The Labute approximate surface area is 252 Å². The highest BCUT2D eigenvalue weighted by atomic mass is 32.1. The second-order valence-corrected chi connectivity index (χ2v) is 11.1. The van der Waals surface area contributed by atoms with Crippen LogP contribution in [0.25, 0.3) is 11.1 Å². The van der Waals surface area contributed by atoms with E-state index in [4.69, 9.17) is 44.3 Å². The lowest BCUT2D eigenvalue weighted by Crippen LogP contribution is -2.47. The van der Waals surface area contributed by atoms with Crippen LogP contribution in [0.3, 0.4) is 0 Å². The SMILES string of the molecule is CCOC(=O)c1c(-c2ccc(C(C)(C)C)cc2)csc1NC(=O)CN1CCN(C)CC1.O=C(O)C(=O)O.O=C(O)C(=O)O. The molecule has 236 valence electrons. The molecule has 14 nitrogen and oxygen atoms in total. The molecular formula is C28H37N3O11S. The summed E-state index contributed by atoms with van der Waals surface area (Å²) in [5.41, 5.74) is 3.44. The summed E-state index contributed by atoms with van der Waals surface area (Å²) >= 11 is 1.37. The molecule has 0 bridgehead atoms. The summed E-state index contributed by atoms with van der Waals surface area (Å²) in [5, 5.41) is 35.0. The Morgan fingerprint density at radius 1 is 0.860 bits per heavy atom. The number of hydrogen-bond acceptors (Lipinski definition) is 10. The number of carboxylic acids is 4. The molecule has 0 saturated carbocycles. The first-order valence-electron chi connectivity index (χ1n) is 13.0. The smallest absolute Gasteiger partial charge is 0.414 e. The number of thiophene rings is 1. The van der Waals surface area contributed by atoms with E-state index in [9.17, 15) is 9.59 Å². The first kappa shape index (κ1) is 36.7. The van der Waals surface area contributed by atoms with Gasteiger partial charge < -0.3 is 35.4 Å². The molecule has 1 aromatic heterocycles. The van der Waals surface area contributed by atoms with Gasteiger partial charge in [-0.1, -0.05) is 45.0 Å². The van der Waals surface area contributed by atoms with Gasteiger partial charge in [-0.3, -0.25) is 9.69 Å². The molecule has 0 aliphatic carbocycles. The number of benzene rings is 1. The standard InChI is InChI=1S/C24H33N3O3S.2C2H2O4/c1-6-30-23(29)21-19(17-7-9-18(10-8-17)24(2,3)4)16-31-22(21)25-20(28)15-27-13-11-26(5)12-14-27;2*3-1(4)2(5)6/h7-10,16H,6,11-15H2,1-5H3,(H,25,28);2*(H,3,4)(H,5,6). The van der Waals surface area contributed by atoms with Gasteiger partial charge in [-0.25, -0.2) is 24.0 Å². The van der Waals surface area contributed by atoms with Crippen LogP contribution in [0.1, 0.15) is 43.6 Å². The molecule has 1 aliphatic rings. The second-order valence-electron chi connectivity index (χ2n) is 10.2. The number of aliphatic carboxylic acids is 4. The molecule has 2 heterocycles. The van der Waals surface area contributed by atoms with Crippen LogP contribution in [-0.4, -0.2) is 112 Å². The fourth-order valence-corrected chi connectivity index (χ4v) is 4.57. The monoisotopic (exact) mass is 623 g/mol. The van der Waals surface area contributed by atoms with Gasteiger partial charge in [-0.15, -0.1) is 11.3 Å². The topological polar surface area (TPSA) is 211 Å². The molecule has 1 aromatic carbocycles. The molecule has 1 amide bonds. The van der Waals surface area contributed by atoms with Gasteiger partial charge in [-0.05, 0) is 30.5 Å². The molecule has 3 rings (SSSR count). The van der Waals surface area contributed by atoms with Crippen LogP contribution in [0.2, 0.25) is 0 Å². The zero-order valence-electron chi connectivity index (χ0n) is 24.6. The Balaban J connectivity index is 0.000000649. The number of piperazine rings is 1.